The Morgan fingerprint density at radius 3 is 2.24 bits per heavy atom. The molecule has 0 fully saturated rings. The maximum atomic E-state index is 13.0. The molecule has 0 saturated carbocycles. The molecule has 1 rings (SSSR count). The number of carboxylic acid groups (broad SMARTS) is 1. The number of amides is 1. The monoisotopic (exact) mass is 279 g/mol. The average molecular weight is 280 g/mol. The largest absolute Gasteiger partial charge is 0.481 e. The molecule has 0 heterocycles. The van der Waals surface area contributed by atoms with Gasteiger partial charge < -0.3 is 10.4 Å². The number of hydrogen-bond donors (Lipinski definition) is 2. The number of carboxylic acids is 1. The summed E-state index contributed by atoms with van der Waals surface area (Å²) >= 11 is 11.1. The zero-order valence-electron chi connectivity index (χ0n) is 8.47. The quantitative estimate of drug-likeness (QED) is 0.833. The number of carbonyl (C=O) groups excluding carboxylic acids is 1. The summed E-state index contributed by atoms with van der Waals surface area (Å²) in [5, 5.41) is 10.3. The van der Waals surface area contributed by atoms with Crippen LogP contribution in [0.3, 0.4) is 0 Å². The van der Waals surface area contributed by atoms with E-state index in [1.54, 1.807) is 0 Å². The molecule has 0 bridgehead atoms. The molecule has 92 valence electrons. The standard InChI is InChI=1S/C10H8Cl2FNO3/c11-6-3-5(4-7(12)10(6)13)14-8(15)1-2-9(16)17/h3-4H,1-2H2,(H,14,15)(H,16,17). The second-order valence-corrected chi connectivity index (χ2v) is 4.01. The first-order valence-corrected chi connectivity index (χ1v) is 5.32. The second kappa shape index (κ2) is 5.84. The summed E-state index contributed by atoms with van der Waals surface area (Å²) in [5.74, 6) is -2.35. The van der Waals surface area contributed by atoms with Crippen molar-refractivity contribution in [2.24, 2.45) is 0 Å². The van der Waals surface area contributed by atoms with Crippen LogP contribution in [-0.4, -0.2) is 17.0 Å². The lowest BCUT2D eigenvalue weighted by molar-refractivity contribution is -0.138. The molecule has 0 aromatic heterocycles. The molecule has 1 amide bonds. The number of aliphatic carboxylic acids is 1. The summed E-state index contributed by atoms with van der Waals surface area (Å²) in [6.07, 6.45) is -0.462. The maximum absolute atomic E-state index is 13.0. The van der Waals surface area contributed by atoms with Crippen LogP contribution in [0.4, 0.5) is 10.1 Å². The normalized spacial score (nSPS) is 10.1. The lowest BCUT2D eigenvalue weighted by Crippen LogP contribution is -2.13. The van der Waals surface area contributed by atoms with Crippen LogP contribution in [0.5, 0.6) is 0 Å². The molecular formula is C10H8Cl2FNO3. The smallest absolute Gasteiger partial charge is 0.303 e. The SMILES string of the molecule is O=C(O)CCC(=O)Nc1cc(Cl)c(F)c(Cl)c1. The Kier molecular flexibility index (Phi) is 4.72. The molecule has 0 unspecified atom stereocenters. The van der Waals surface area contributed by atoms with Gasteiger partial charge in [-0.2, -0.15) is 0 Å². The molecule has 1 aromatic rings. The van der Waals surface area contributed by atoms with Crippen LogP contribution in [0, 0.1) is 5.82 Å². The van der Waals surface area contributed by atoms with E-state index in [-0.39, 0.29) is 28.6 Å². The van der Waals surface area contributed by atoms with Gasteiger partial charge in [-0.3, -0.25) is 9.59 Å². The van der Waals surface area contributed by atoms with Gasteiger partial charge >= 0.3 is 5.97 Å². The zero-order chi connectivity index (χ0) is 13.0. The molecule has 0 radical (unpaired) electrons. The Morgan fingerprint density at radius 2 is 1.76 bits per heavy atom. The molecule has 0 spiro atoms. The van der Waals surface area contributed by atoms with Crippen molar-refractivity contribution in [3.05, 3.63) is 28.0 Å². The lowest BCUT2D eigenvalue weighted by atomic mass is 10.2. The van der Waals surface area contributed by atoms with E-state index in [0.717, 1.165) is 0 Å². The van der Waals surface area contributed by atoms with E-state index < -0.39 is 17.7 Å². The highest BCUT2D eigenvalue weighted by molar-refractivity contribution is 6.35. The van der Waals surface area contributed by atoms with Gasteiger partial charge in [-0.05, 0) is 12.1 Å². The van der Waals surface area contributed by atoms with Gasteiger partial charge in [0.25, 0.3) is 0 Å². The van der Waals surface area contributed by atoms with Gasteiger partial charge in [0.15, 0.2) is 5.82 Å². The summed E-state index contributed by atoms with van der Waals surface area (Å²) in [6, 6.07) is 2.39. The van der Waals surface area contributed by atoms with Gasteiger partial charge in [0, 0.05) is 12.1 Å². The fourth-order valence-corrected chi connectivity index (χ4v) is 1.56. The molecule has 0 saturated heterocycles. The summed E-state index contributed by atoms with van der Waals surface area (Å²) in [5.41, 5.74) is 0.219. The first-order valence-electron chi connectivity index (χ1n) is 4.56. The first kappa shape index (κ1) is 13.7. The van der Waals surface area contributed by atoms with E-state index in [4.69, 9.17) is 28.3 Å². The van der Waals surface area contributed by atoms with Crippen molar-refractivity contribution in [3.63, 3.8) is 0 Å². The van der Waals surface area contributed by atoms with E-state index in [1.165, 1.54) is 12.1 Å². The predicted octanol–water partition coefficient (Wildman–Crippen LogP) is 2.94. The molecule has 1 aromatic carbocycles. The molecule has 0 atom stereocenters. The Bertz CT molecular complexity index is 442. The van der Waals surface area contributed by atoms with Gasteiger partial charge in [0.05, 0.1) is 16.5 Å². The van der Waals surface area contributed by atoms with E-state index in [0.29, 0.717) is 0 Å². The van der Waals surface area contributed by atoms with Crippen molar-refractivity contribution in [1.29, 1.82) is 0 Å². The van der Waals surface area contributed by atoms with Crippen LogP contribution in [0.25, 0.3) is 0 Å². The molecule has 4 nitrogen and oxygen atoms in total. The molecule has 0 aliphatic heterocycles. The van der Waals surface area contributed by atoms with Crippen LogP contribution in [0.15, 0.2) is 12.1 Å². The van der Waals surface area contributed by atoms with Gasteiger partial charge in [0.2, 0.25) is 5.91 Å². The van der Waals surface area contributed by atoms with E-state index in [2.05, 4.69) is 5.32 Å². The average Bonchev–Trinajstić information content (AvgIpc) is 2.23. The number of rotatable bonds is 4. The Balaban J connectivity index is 2.69. The number of hydrogen-bond acceptors (Lipinski definition) is 2. The van der Waals surface area contributed by atoms with Crippen LogP contribution >= 0.6 is 23.2 Å². The number of benzene rings is 1. The minimum atomic E-state index is -1.07. The lowest BCUT2D eigenvalue weighted by Gasteiger charge is -2.06. The Labute approximate surface area is 106 Å². The van der Waals surface area contributed by atoms with Crippen LogP contribution in [-0.2, 0) is 9.59 Å². The van der Waals surface area contributed by atoms with Crippen LogP contribution < -0.4 is 5.32 Å². The summed E-state index contributed by atoms with van der Waals surface area (Å²) in [7, 11) is 0. The van der Waals surface area contributed by atoms with E-state index in [1.807, 2.05) is 0 Å². The highest BCUT2D eigenvalue weighted by Gasteiger charge is 2.10. The van der Waals surface area contributed by atoms with Crippen LogP contribution in [0.2, 0.25) is 10.0 Å². The van der Waals surface area contributed by atoms with Crippen molar-refractivity contribution in [2.75, 3.05) is 5.32 Å². The number of anilines is 1. The number of nitrogens with one attached hydrogen (secondary N) is 1. The van der Waals surface area contributed by atoms with Crippen LogP contribution in [0.1, 0.15) is 12.8 Å². The van der Waals surface area contributed by atoms with E-state index in [9.17, 15) is 14.0 Å². The molecule has 0 aliphatic carbocycles. The highest BCUT2D eigenvalue weighted by atomic mass is 35.5. The third-order valence-electron chi connectivity index (χ3n) is 1.83. The molecular weight excluding hydrogens is 272 g/mol. The second-order valence-electron chi connectivity index (χ2n) is 3.20. The summed E-state index contributed by atoms with van der Waals surface area (Å²) in [4.78, 5) is 21.5. The van der Waals surface area contributed by atoms with Crippen molar-refractivity contribution >= 4 is 40.8 Å². The zero-order valence-corrected chi connectivity index (χ0v) is 9.98. The fourth-order valence-electron chi connectivity index (χ4n) is 1.07. The van der Waals surface area contributed by atoms with Crippen molar-refractivity contribution in [3.8, 4) is 0 Å². The predicted molar refractivity (Wildman–Crippen MR) is 61.9 cm³/mol. The minimum Gasteiger partial charge on any atom is -0.481 e. The Morgan fingerprint density at radius 1 is 1.24 bits per heavy atom. The Hall–Kier alpha value is -1.33. The molecule has 0 aliphatic rings. The van der Waals surface area contributed by atoms with Crippen molar-refractivity contribution < 1.29 is 19.1 Å². The maximum Gasteiger partial charge on any atom is 0.303 e. The number of halogens is 3. The first-order chi connectivity index (χ1) is 7.90. The molecule has 17 heavy (non-hydrogen) atoms. The number of carbonyl (C=O) groups is 2. The van der Waals surface area contributed by atoms with Gasteiger partial charge in [-0.1, -0.05) is 23.2 Å². The molecule has 2 N–H and O–H groups in total. The summed E-state index contributed by atoms with van der Waals surface area (Å²) in [6.45, 7) is 0. The van der Waals surface area contributed by atoms with Gasteiger partial charge in [0.1, 0.15) is 0 Å². The van der Waals surface area contributed by atoms with E-state index >= 15 is 0 Å². The van der Waals surface area contributed by atoms with Gasteiger partial charge in [-0.25, -0.2) is 4.39 Å². The third-order valence-corrected chi connectivity index (χ3v) is 2.38. The topological polar surface area (TPSA) is 66.4 Å². The highest BCUT2D eigenvalue weighted by Crippen LogP contribution is 2.27. The third kappa shape index (κ3) is 4.20. The van der Waals surface area contributed by atoms with Crippen molar-refractivity contribution in [1.82, 2.24) is 0 Å². The van der Waals surface area contributed by atoms with Gasteiger partial charge in [-0.15, -0.1) is 0 Å². The minimum absolute atomic E-state index is 0.179. The molecule has 7 heteroatoms. The summed E-state index contributed by atoms with van der Waals surface area (Å²) < 4.78 is 13.0. The fraction of sp³-hybridized carbons (Fsp3) is 0.200. The van der Waals surface area contributed by atoms with Crippen molar-refractivity contribution in [2.45, 2.75) is 12.8 Å².